The topological polar surface area (TPSA) is 58.4 Å². The Kier molecular flexibility index (Phi) is 4.75. The highest BCUT2D eigenvalue weighted by atomic mass is 79.9. The van der Waals surface area contributed by atoms with E-state index in [9.17, 15) is 4.79 Å². The Labute approximate surface area is 137 Å². The van der Waals surface area contributed by atoms with E-state index < -0.39 is 0 Å². The zero-order chi connectivity index (χ0) is 15.6. The van der Waals surface area contributed by atoms with E-state index in [1.807, 2.05) is 19.0 Å². The van der Waals surface area contributed by atoms with Gasteiger partial charge in [-0.05, 0) is 46.3 Å². The Bertz CT molecular complexity index is 689. The fraction of sp³-hybridized carbons (Fsp3) is 0.133. The van der Waals surface area contributed by atoms with Crippen LogP contribution in [-0.4, -0.2) is 20.0 Å². The van der Waals surface area contributed by atoms with Gasteiger partial charge in [0.1, 0.15) is 0 Å². The predicted molar refractivity (Wildman–Crippen MR) is 92.3 cm³/mol. The maximum Gasteiger partial charge on any atom is 0.256 e. The highest BCUT2D eigenvalue weighted by molar-refractivity contribution is 9.10. The molecule has 6 heteroatoms. The zero-order valence-corrected chi connectivity index (χ0v) is 14.0. The Morgan fingerprint density at radius 2 is 2.00 bits per heavy atom. The van der Waals surface area contributed by atoms with Gasteiger partial charge in [-0.15, -0.1) is 0 Å². The Hall–Kier alpha value is -1.72. The molecule has 0 aliphatic rings. The number of anilines is 3. The number of para-hydroxylation sites is 1. The van der Waals surface area contributed by atoms with Gasteiger partial charge >= 0.3 is 0 Å². The lowest BCUT2D eigenvalue weighted by atomic mass is 10.1. The molecule has 4 nitrogen and oxygen atoms in total. The highest BCUT2D eigenvalue weighted by Crippen LogP contribution is 2.33. The van der Waals surface area contributed by atoms with E-state index >= 15 is 0 Å². The van der Waals surface area contributed by atoms with Crippen LogP contribution in [0.2, 0.25) is 5.02 Å². The van der Waals surface area contributed by atoms with E-state index in [1.165, 1.54) is 0 Å². The first kappa shape index (κ1) is 15.7. The van der Waals surface area contributed by atoms with Gasteiger partial charge in [-0.1, -0.05) is 17.7 Å². The third kappa shape index (κ3) is 3.49. The molecule has 0 unspecified atom stereocenters. The van der Waals surface area contributed by atoms with E-state index in [0.717, 1.165) is 5.69 Å². The molecule has 0 spiro atoms. The second kappa shape index (κ2) is 6.37. The van der Waals surface area contributed by atoms with Crippen LogP contribution >= 0.6 is 27.5 Å². The van der Waals surface area contributed by atoms with E-state index in [1.54, 1.807) is 36.4 Å². The second-order valence-corrected chi connectivity index (χ2v) is 5.99. The highest BCUT2D eigenvalue weighted by Gasteiger charge is 2.15. The number of nitrogens with one attached hydrogen (secondary N) is 1. The zero-order valence-electron chi connectivity index (χ0n) is 11.7. The van der Waals surface area contributed by atoms with Crippen molar-refractivity contribution in [2.75, 3.05) is 30.0 Å². The number of amides is 1. The minimum atomic E-state index is -0.250. The minimum absolute atomic E-state index is 0.250. The van der Waals surface area contributed by atoms with Gasteiger partial charge in [0.05, 0.1) is 22.0 Å². The van der Waals surface area contributed by atoms with E-state index in [4.69, 9.17) is 17.3 Å². The second-order valence-electron chi connectivity index (χ2n) is 4.72. The van der Waals surface area contributed by atoms with Crippen molar-refractivity contribution in [3.05, 3.63) is 51.5 Å². The number of nitrogen functional groups attached to an aromatic ring is 1. The van der Waals surface area contributed by atoms with Crippen molar-refractivity contribution in [2.24, 2.45) is 0 Å². The van der Waals surface area contributed by atoms with Gasteiger partial charge in [0.2, 0.25) is 0 Å². The summed E-state index contributed by atoms with van der Waals surface area (Å²) in [6.07, 6.45) is 0. The number of carbonyl (C=O) groups excluding carboxylic acids is 1. The average Bonchev–Trinajstić information content (AvgIpc) is 2.41. The summed E-state index contributed by atoms with van der Waals surface area (Å²) in [6, 6.07) is 10.5. The first-order valence-corrected chi connectivity index (χ1v) is 7.39. The third-order valence-corrected chi connectivity index (χ3v) is 3.91. The van der Waals surface area contributed by atoms with Crippen LogP contribution < -0.4 is 16.0 Å². The minimum Gasteiger partial charge on any atom is -0.399 e. The summed E-state index contributed by atoms with van der Waals surface area (Å²) in [5.41, 5.74) is 8.13. The van der Waals surface area contributed by atoms with E-state index in [0.29, 0.717) is 26.4 Å². The molecule has 0 saturated heterocycles. The fourth-order valence-corrected chi connectivity index (χ4v) is 2.75. The molecule has 0 aliphatic heterocycles. The van der Waals surface area contributed by atoms with Gasteiger partial charge < -0.3 is 16.0 Å². The monoisotopic (exact) mass is 367 g/mol. The Morgan fingerprint density at radius 3 is 2.67 bits per heavy atom. The Balaban J connectivity index is 2.36. The van der Waals surface area contributed by atoms with Crippen LogP contribution in [0.4, 0.5) is 17.1 Å². The van der Waals surface area contributed by atoms with E-state index in [2.05, 4.69) is 21.2 Å². The average molecular weight is 369 g/mol. The normalized spacial score (nSPS) is 10.3. The van der Waals surface area contributed by atoms with E-state index in [-0.39, 0.29) is 5.91 Å². The summed E-state index contributed by atoms with van der Waals surface area (Å²) >= 11 is 9.54. The summed E-state index contributed by atoms with van der Waals surface area (Å²) in [6.45, 7) is 0. The standard InChI is InChI=1S/C15H15BrClN3O/c1-20(2)14-12(17)4-3-5-13(14)19-15(21)10-8-9(18)6-7-11(10)16/h3-8H,18H2,1-2H3,(H,19,21). The number of benzene rings is 2. The smallest absolute Gasteiger partial charge is 0.256 e. The maximum absolute atomic E-state index is 12.4. The van der Waals surface area contributed by atoms with Gasteiger partial charge in [-0.3, -0.25) is 4.79 Å². The molecule has 0 heterocycles. The lowest BCUT2D eigenvalue weighted by Gasteiger charge is -2.19. The molecule has 0 bridgehead atoms. The fourth-order valence-electron chi connectivity index (χ4n) is 1.98. The van der Waals surface area contributed by atoms with Gasteiger partial charge in [0.25, 0.3) is 5.91 Å². The molecule has 1 amide bonds. The molecular formula is C15H15BrClN3O. The number of carbonyl (C=O) groups is 1. The molecule has 0 aromatic heterocycles. The number of hydrogen-bond donors (Lipinski definition) is 2. The van der Waals surface area contributed by atoms with Crippen LogP contribution in [0.3, 0.4) is 0 Å². The van der Waals surface area contributed by atoms with Gasteiger partial charge in [-0.25, -0.2) is 0 Å². The molecule has 0 fully saturated rings. The van der Waals surface area contributed by atoms with Crippen molar-refractivity contribution in [3.8, 4) is 0 Å². The first-order valence-electron chi connectivity index (χ1n) is 6.22. The van der Waals surface area contributed by atoms with Gasteiger partial charge in [0, 0.05) is 24.3 Å². The molecular weight excluding hydrogens is 354 g/mol. The number of rotatable bonds is 3. The summed E-state index contributed by atoms with van der Waals surface area (Å²) in [5.74, 6) is -0.250. The summed E-state index contributed by atoms with van der Waals surface area (Å²) in [4.78, 5) is 14.3. The van der Waals surface area contributed by atoms with Crippen molar-refractivity contribution in [1.29, 1.82) is 0 Å². The predicted octanol–water partition coefficient (Wildman–Crippen LogP) is 4.00. The van der Waals surface area contributed by atoms with Crippen molar-refractivity contribution < 1.29 is 4.79 Å². The molecule has 2 aromatic rings. The van der Waals surface area contributed by atoms with Gasteiger partial charge in [-0.2, -0.15) is 0 Å². The number of hydrogen-bond acceptors (Lipinski definition) is 3. The Morgan fingerprint density at radius 1 is 1.29 bits per heavy atom. The molecule has 0 saturated carbocycles. The first-order chi connectivity index (χ1) is 9.90. The number of nitrogens with two attached hydrogens (primary N) is 1. The van der Waals surface area contributed by atoms with Crippen molar-refractivity contribution in [2.45, 2.75) is 0 Å². The van der Waals surface area contributed by atoms with Crippen molar-refractivity contribution in [1.82, 2.24) is 0 Å². The third-order valence-electron chi connectivity index (χ3n) is 2.92. The molecule has 21 heavy (non-hydrogen) atoms. The summed E-state index contributed by atoms with van der Waals surface area (Å²) in [7, 11) is 3.74. The molecule has 110 valence electrons. The van der Waals surface area contributed by atoms with Crippen LogP contribution in [0.25, 0.3) is 0 Å². The maximum atomic E-state index is 12.4. The molecule has 0 aliphatic carbocycles. The van der Waals surface area contributed by atoms with Crippen molar-refractivity contribution in [3.63, 3.8) is 0 Å². The lowest BCUT2D eigenvalue weighted by Crippen LogP contribution is -2.17. The summed E-state index contributed by atoms with van der Waals surface area (Å²) in [5, 5.41) is 3.44. The molecule has 0 atom stereocenters. The largest absolute Gasteiger partial charge is 0.399 e. The SMILES string of the molecule is CN(C)c1c(Cl)cccc1NC(=O)c1cc(N)ccc1Br. The number of halogens is 2. The van der Waals surface area contributed by atoms with Crippen LogP contribution in [0.1, 0.15) is 10.4 Å². The summed E-state index contributed by atoms with van der Waals surface area (Å²) < 4.78 is 0.683. The van der Waals surface area contributed by atoms with Crippen LogP contribution in [0, 0.1) is 0 Å². The molecule has 2 aromatic carbocycles. The van der Waals surface area contributed by atoms with Crippen LogP contribution in [0.5, 0.6) is 0 Å². The molecule has 0 radical (unpaired) electrons. The molecule has 2 rings (SSSR count). The van der Waals surface area contributed by atoms with Crippen molar-refractivity contribution >= 4 is 50.5 Å². The van der Waals surface area contributed by atoms with Crippen LogP contribution in [0.15, 0.2) is 40.9 Å². The molecule has 3 N–H and O–H groups in total. The quantitative estimate of drug-likeness (QED) is 0.805. The van der Waals surface area contributed by atoms with Gasteiger partial charge in [0.15, 0.2) is 0 Å². The number of nitrogens with zero attached hydrogens (tertiary/aromatic N) is 1. The lowest BCUT2D eigenvalue weighted by molar-refractivity contribution is 0.102. The van der Waals surface area contributed by atoms with Crippen LogP contribution in [-0.2, 0) is 0 Å².